The number of aromatic nitrogens is 2. The monoisotopic (exact) mass is 278 g/mol. The molecule has 0 amide bonds. The number of rotatable bonds is 7. The number of hydrogen-bond donors (Lipinski definition) is 1. The second-order valence-electron chi connectivity index (χ2n) is 6.35. The summed E-state index contributed by atoms with van der Waals surface area (Å²) in [5, 5.41) is 15.0. The predicted octanol–water partition coefficient (Wildman–Crippen LogP) is 4.32. The fourth-order valence-electron chi connectivity index (χ4n) is 3.52. The molecule has 0 aliphatic heterocycles. The molecule has 1 aromatic heterocycles. The zero-order valence-electron chi connectivity index (χ0n) is 13.1. The van der Waals surface area contributed by atoms with Gasteiger partial charge in [-0.2, -0.15) is 5.10 Å². The molecule has 1 fully saturated rings. The maximum absolute atomic E-state index is 10.6. The Labute approximate surface area is 123 Å². The summed E-state index contributed by atoms with van der Waals surface area (Å²) < 4.78 is 1.98. The lowest BCUT2D eigenvalue weighted by atomic mass is 9.77. The quantitative estimate of drug-likeness (QED) is 0.806. The van der Waals surface area contributed by atoms with Crippen molar-refractivity contribution in [2.75, 3.05) is 0 Å². The first kappa shape index (κ1) is 15.6. The van der Waals surface area contributed by atoms with Gasteiger partial charge in [-0.05, 0) is 37.2 Å². The van der Waals surface area contributed by atoms with E-state index in [4.69, 9.17) is 0 Å². The van der Waals surface area contributed by atoms with Crippen molar-refractivity contribution in [2.45, 2.75) is 77.9 Å². The van der Waals surface area contributed by atoms with Gasteiger partial charge in [-0.1, -0.05) is 46.0 Å². The van der Waals surface area contributed by atoms with Crippen LogP contribution in [0.3, 0.4) is 0 Å². The zero-order valence-corrected chi connectivity index (χ0v) is 13.1. The maximum Gasteiger partial charge on any atom is 0.0984 e. The molecule has 0 aromatic carbocycles. The number of aryl methyl sites for hydroxylation is 1. The standard InChI is InChI=1S/C17H30N2O/c1-3-5-6-14-7-9-15(10-8-14)17(20)16-11-12-18-19(16)13-4-2/h11-12,14-15,17,20H,3-10,13H2,1-2H3. The molecule has 0 bridgehead atoms. The first-order chi connectivity index (χ1) is 9.76. The van der Waals surface area contributed by atoms with Gasteiger partial charge in [0, 0.05) is 12.7 Å². The summed E-state index contributed by atoms with van der Waals surface area (Å²) in [5.41, 5.74) is 1.02. The highest BCUT2D eigenvalue weighted by Crippen LogP contribution is 2.38. The predicted molar refractivity (Wildman–Crippen MR) is 82.5 cm³/mol. The van der Waals surface area contributed by atoms with Crippen molar-refractivity contribution in [3.63, 3.8) is 0 Å². The smallest absolute Gasteiger partial charge is 0.0984 e. The third kappa shape index (κ3) is 3.85. The Hall–Kier alpha value is -0.830. The van der Waals surface area contributed by atoms with E-state index in [-0.39, 0.29) is 6.10 Å². The van der Waals surface area contributed by atoms with Crippen LogP contribution in [0.5, 0.6) is 0 Å². The highest BCUT2D eigenvalue weighted by Gasteiger charge is 2.28. The van der Waals surface area contributed by atoms with Crippen LogP contribution >= 0.6 is 0 Å². The number of unbranched alkanes of at least 4 members (excludes halogenated alkanes) is 1. The van der Waals surface area contributed by atoms with Crippen molar-refractivity contribution in [1.29, 1.82) is 0 Å². The van der Waals surface area contributed by atoms with Gasteiger partial charge in [-0.25, -0.2) is 0 Å². The Kier molecular flexibility index (Phi) is 6.08. The van der Waals surface area contributed by atoms with Gasteiger partial charge in [-0.15, -0.1) is 0 Å². The van der Waals surface area contributed by atoms with Gasteiger partial charge in [0.1, 0.15) is 0 Å². The van der Waals surface area contributed by atoms with Crippen LogP contribution < -0.4 is 0 Å². The molecular formula is C17H30N2O. The molecule has 1 saturated carbocycles. The molecule has 1 aliphatic rings. The third-order valence-corrected chi connectivity index (χ3v) is 4.79. The summed E-state index contributed by atoms with van der Waals surface area (Å²) in [6.07, 6.45) is 11.5. The van der Waals surface area contributed by atoms with Crippen molar-refractivity contribution >= 4 is 0 Å². The topological polar surface area (TPSA) is 38.1 Å². The lowest BCUT2D eigenvalue weighted by Gasteiger charge is -2.31. The van der Waals surface area contributed by atoms with Gasteiger partial charge >= 0.3 is 0 Å². The molecule has 1 aliphatic carbocycles. The van der Waals surface area contributed by atoms with E-state index in [1.54, 1.807) is 0 Å². The molecule has 1 aromatic rings. The van der Waals surface area contributed by atoms with Gasteiger partial charge in [-0.3, -0.25) is 4.68 Å². The van der Waals surface area contributed by atoms with E-state index in [1.807, 2.05) is 16.9 Å². The SMILES string of the molecule is CCCCC1CCC(C(O)c2ccnn2CCC)CC1. The van der Waals surface area contributed by atoms with Crippen LogP contribution in [0.1, 0.15) is 77.0 Å². The number of nitrogens with zero attached hydrogens (tertiary/aromatic N) is 2. The summed E-state index contributed by atoms with van der Waals surface area (Å²) in [6, 6.07) is 1.99. The number of aliphatic hydroxyl groups excluding tert-OH is 1. The molecule has 20 heavy (non-hydrogen) atoms. The summed E-state index contributed by atoms with van der Waals surface area (Å²) in [5.74, 6) is 1.33. The molecule has 0 spiro atoms. The molecule has 3 nitrogen and oxygen atoms in total. The zero-order chi connectivity index (χ0) is 14.4. The summed E-state index contributed by atoms with van der Waals surface area (Å²) in [6.45, 7) is 5.33. The fourth-order valence-corrected chi connectivity index (χ4v) is 3.52. The van der Waals surface area contributed by atoms with Crippen LogP contribution in [-0.2, 0) is 6.54 Å². The average molecular weight is 278 g/mol. The number of hydrogen-bond acceptors (Lipinski definition) is 2. The van der Waals surface area contributed by atoms with Gasteiger partial charge in [0.15, 0.2) is 0 Å². The van der Waals surface area contributed by atoms with E-state index in [0.29, 0.717) is 5.92 Å². The van der Waals surface area contributed by atoms with Crippen molar-refractivity contribution in [1.82, 2.24) is 9.78 Å². The van der Waals surface area contributed by atoms with Gasteiger partial charge in [0.05, 0.1) is 11.8 Å². The third-order valence-electron chi connectivity index (χ3n) is 4.79. The van der Waals surface area contributed by atoms with E-state index in [0.717, 1.165) is 24.6 Å². The molecule has 1 unspecified atom stereocenters. The molecule has 1 atom stereocenters. The van der Waals surface area contributed by atoms with Crippen LogP contribution in [0.15, 0.2) is 12.3 Å². The van der Waals surface area contributed by atoms with Crippen molar-refractivity contribution in [2.24, 2.45) is 11.8 Å². The molecule has 114 valence electrons. The summed E-state index contributed by atoms with van der Waals surface area (Å²) in [4.78, 5) is 0. The molecule has 0 radical (unpaired) electrons. The van der Waals surface area contributed by atoms with Crippen LogP contribution in [0.25, 0.3) is 0 Å². The van der Waals surface area contributed by atoms with Gasteiger partial charge in [0.25, 0.3) is 0 Å². The minimum atomic E-state index is -0.323. The highest BCUT2D eigenvalue weighted by atomic mass is 16.3. The van der Waals surface area contributed by atoms with Crippen molar-refractivity contribution in [3.8, 4) is 0 Å². The Morgan fingerprint density at radius 1 is 1.25 bits per heavy atom. The molecule has 0 saturated heterocycles. The Balaban J connectivity index is 1.87. The molecule has 2 rings (SSSR count). The minimum Gasteiger partial charge on any atom is -0.387 e. The van der Waals surface area contributed by atoms with E-state index in [1.165, 1.54) is 44.9 Å². The highest BCUT2D eigenvalue weighted by molar-refractivity contribution is 5.06. The largest absolute Gasteiger partial charge is 0.387 e. The first-order valence-corrected chi connectivity index (χ1v) is 8.46. The molecule has 1 heterocycles. The van der Waals surface area contributed by atoms with Gasteiger partial charge in [0.2, 0.25) is 0 Å². The van der Waals surface area contributed by atoms with Crippen LogP contribution in [0, 0.1) is 11.8 Å². The molecule has 3 heteroatoms. The van der Waals surface area contributed by atoms with Crippen molar-refractivity contribution in [3.05, 3.63) is 18.0 Å². The Bertz CT molecular complexity index is 380. The summed E-state index contributed by atoms with van der Waals surface area (Å²) >= 11 is 0. The van der Waals surface area contributed by atoms with Crippen LogP contribution in [-0.4, -0.2) is 14.9 Å². The van der Waals surface area contributed by atoms with E-state index in [2.05, 4.69) is 18.9 Å². The first-order valence-electron chi connectivity index (χ1n) is 8.46. The minimum absolute atomic E-state index is 0.323. The van der Waals surface area contributed by atoms with E-state index >= 15 is 0 Å². The second kappa shape index (κ2) is 7.82. The Morgan fingerprint density at radius 2 is 2.00 bits per heavy atom. The molecular weight excluding hydrogens is 248 g/mol. The Morgan fingerprint density at radius 3 is 2.65 bits per heavy atom. The van der Waals surface area contributed by atoms with E-state index < -0.39 is 0 Å². The van der Waals surface area contributed by atoms with Crippen LogP contribution in [0.4, 0.5) is 0 Å². The lowest BCUT2D eigenvalue weighted by molar-refractivity contribution is 0.0647. The normalized spacial score (nSPS) is 24.8. The van der Waals surface area contributed by atoms with Crippen molar-refractivity contribution < 1.29 is 5.11 Å². The number of aliphatic hydroxyl groups is 1. The second-order valence-corrected chi connectivity index (χ2v) is 6.35. The van der Waals surface area contributed by atoms with E-state index in [9.17, 15) is 5.11 Å². The van der Waals surface area contributed by atoms with Crippen LogP contribution in [0.2, 0.25) is 0 Å². The average Bonchev–Trinajstić information content (AvgIpc) is 2.93. The van der Waals surface area contributed by atoms with Gasteiger partial charge < -0.3 is 5.11 Å². The maximum atomic E-state index is 10.6. The summed E-state index contributed by atoms with van der Waals surface area (Å²) in [7, 11) is 0. The fraction of sp³-hybridized carbons (Fsp3) is 0.824. The molecule has 1 N–H and O–H groups in total. The lowest BCUT2D eigenvalue weighted by Crippen LogP contribution is -2.22.